The monoisotopic (exact) mass is 318 g/mol. The van der Waals surface area contributed by atoms with Crippen LogP contribution >= 0.6 is 11.8 Å². The second-order valence-corrected chi connectivity index (χ2v) is 8.12. The van der Waals surface area contributed by atoms with Crippen molar-refractivity contribution in [3.05, 3.63) is 12.7 Å². The molecule has 0 N–H and O–H groups in total. The van der Waals surface area contributed by atoms with Crippen molar-refractivity contribution < 1.29 is 0 Å². The molecule has 17 heavy (non-hydrogen) atoms. The van der Waals surface area contributed by atoms with Crippen LogP contribution in [0.4, 0.5) is 0 Å². The minimum atomic E-state index is 0.733. The van der Waals surface area contributed by atoms with E-state index in [-0.39, 0.29) is 0 Å². The van der Waals surface area contributed by atoms with Gasteiger partial charge in [-0.3, -0.25) is 0 Å². The zero-order valence-electron chi connectivity index (χ0n) is 11.3. The minimum absolute atomic E-state index is 0.733. The predicted octanol–water partition coefficient (Wildman–Crippen LogP) is 4.45. The van der Waals surface area contributed by atoms with Gasteiger partial charge in [-0.2, -0.15) is 0 Å². The first-order valence-corrected chi connectivity index (χ1v) is 8.77. The number of rotatable bonds is 7. The Morgan fingerprint density at radius 1 is 1.35 bits per heavy atom. The summed E-state index contributed by atoms with van der Waals surface area (Å²) in [6, 6.07) is 0. The van der Waals surface area contributed by atoms with Gasteiger partial charge >= 0.3 is 120 Å². The van der Waals surface area contributed by atoms with E-state index in [0.29, 0.717) is 0 Å². The van der Waals surface area contributed by atoms with Gasteiger partial charge in [0.25, 0.3) is 0 Å². The topological polar surface area (TPSA) is 0 Å². The molecule has 1 rings (SSSR count). The summed E-state index contributed by atoms with van der Waals surface area (Å²) >= 11 is 5.39. The van der Waals surface area contributed by atoms with E-state index in [2.05, 4.69) is 42.1 Å². The Kier molecular flexibility index (Phi) is 7.82. The molecule has 0 amide bonds. The summed E-state index contributed by atoms with van der Waals surface area (Å²) in [4.78, 5) is 0. The van der Waals surface area contributed by atoms with E-state index in [0.717, 1.165) is 24.2 Å². The zero-order chi connectivity index (χ0) is 12.7. The van der Waals surface area contributed by atoms with Crippen molar-refractivity contribution in [2.75, 3.05) is 5.75 Å². The molecular weight excluding hydrogens is 291 g/mol. The average Bonchev–Trinajstić information content (AvgIpc) is 2.34. The third-order valence-corrected chi connectivity index (χ3v) is 6.30. The Bertz CT molecular complexity index is 241. The maximum atomic E-state index is 3.94. The van der Waals surface area contributed by atoms with Crippen LogP contribution in [-0.4, -0.2) is 25.1 Å². The van der Waals surface area contributed by atoms with E-state index in [1.54, 1.807) is 0 Å². The van der Waals surface area contributed by atoms with Crippen LogP contribution in [0.25, 0.3) is 0 Å². The van der Waals surface area contributed by atoms with Gasteiger partial charge in [-0.15, -0.1) is 0 Å². The summed E-state index contributed by atoms with van der Waals surface area (Å²) in [6.45, 7) is 8.53. The molecule has 0 bridgehead atoms. The molecular formula is C15H26SSe. The molecule has 0 aromatic rings. The van der Waals surface area contributed by atoms with Crippen molar-refractivity contribution in [1.29, 1.82) is 0 Å². The molecule has 0 nitrogen and oxygen atoms in total. The molecule has 98 valence electrons. The van der Waals surface area contributed by atoms with Gasteiger partial charge in [0.2, 0.25) is 0 Å². The number of hydrogen-bond donors (Lipinski definition) is 0. The van der Waals surface area contributed by atoms with Crippen LogP contribution in [0.2, 0.25) is 0 Å². The van der Waals surface area contributed by atoms with Crippen LogP contribution in [-0.2, 0) is 0 Å². The molecule has 0 saturated heterocycles. The average molecular weight is 317 g/mol. The van der Waals surface area contributed by atoms with E-state index in [4.69, 9.17) is 0 Å². The Labute approximate surface area is 119 Å². The number of hydrogen-bond acceptors (Lipinski definition) is 1. The summed E-state index contributed by atoms with van der Waals surface area (Å²) in [5.74, 6) is 3.65. The van der Waals surface area contributed by atoms with Gasteiger partial charge in [-0.25, -0.2) is 0 Å². The molecule has 0 aliphatic heterocycles. The van der Waals surface area contributed by atoms with Gasteiger partial charge in [0.1, 0.15) is 0 Å². The molecule has 0 aromatic carbocycles. The Morgan fingerprint density at radius 2 is 2.00 bits per heavy atom. The third-order valence-electron chi connectivity index (χ3n) is 3.50. The molecule has 2 heteroatoms. The zero-order valence-corrected chi connectivity index (χ0v) is 13.8. The molecule has 1 aliphatic carbocycles. The van der Waals surface area contributed by atoms with Gasteiger partial charge in [0, 0.05) is 0 Å². The van der Waals surface area contributed by atoms with Crippen LogP contribution in [0.15, 0.2) is 12.7 Å². The number of allylic oxidation sites excluding steroid dienone is 1. The Morgan fingerprint density at radius 3 is 2.53 bits per heavy atom. The van der Waals surface area contributed by atoms with Crippen LogP contribution in [0, 0.1) is 17.8 Å². The van der Waals surface area contributed by atoms with E-state index < -0.39 is 0 Å². The second kappa shape index (κ2) is 8.56. The van der Waals surface area contributed by atoms with Gasteiger partial charge in [0.15, 0.2) is 0 Å². The fraction of sp³-hybridized carbons (Fsp3) is 0.800. The van der Waals surface area contributed by atoms with Crippen molar-refractivity contribution in [2.45, 2.75) is 52.4 Å². The quantitative estimate of drug-likeness (QED) is 0.494. The second-order valence-electron chi connectivity index (χ2n) is 5.55. The molecule has 1 aliphatic rings. The summed E-state index contributed by atoms with van der Waals surface area (Å²) in [5, 5.41) is 0. The first-order chi connectivity index (χ1) is 8.15. The summed E-state index contributed by atoms with van der Waals surface area (Å²) < 4.78 is 1.53. The molecule has 0 aromatic heterocycles. The molecule has 1 atom stereocenters. The van der Waals surface area contributed by atoms with Gasteiger partial charge in [-0.05, 0) is 0 Å². The Balaban J connectivity index is 2.50. The first-order valence-electron chi connectivity index (χ1n) is 6.92. The summed E-state index contributed by atoms with van der Waals surface area (Å²) in [7, 11) is 0. The van der Waals surface area contributed by atoms with Crippen molar-refractivity contribution >= 4 is 31.1 Å². The Hall–Kier alpha value is 0.479. The molecule has 1 fully saturated rings. The normalized spacial score (nSPS) is 19.2. The SMILES string of the molecule is C=CCC(C(=[Se])SCC(C)C)C1CCCCC1. The standard InChI is InChI=1S/C15H26SSe/c1-4-8-14(13-9-6-5-7-10-13)15(17)16-11-12(2)3/h4,12-14H,1,5-11H2,2-3H3. The van der Waals surface area contributed by atoms with Gasteiger partial charge in [0.05, 0.1) is 0 Å². The van der Waals surface area contributed by atoms with Crippen molar-refractivity contribution in [3.8, 4) is 0 Å². The van der Waals surface area contributed by atoms with Crippen LogP contribution in [0.5, 0.6) is 0 Å². The fourth-order valence-corrected chi connectivity index (χ4v) is 4.59. The molecule has 0 spiro atoms. The van der Waals surface area contributed by atoms with Crippen molar-refractivity contribution in [3.63, 3.8) is 0 Å². The predicted molar refractivity (Wildman–Crippen MR) is 82.9 cm³/mol. The molecule has 0 heterocycles. The van der Waals surface area contributed by atoms with E-state index in [1.165, 1.54) is 41.6 Å². The summed E-state index contributed by atoms with van der Waals surface area (Å²) in [6.07, 6.45) is 10.4. The van der Waals surface area contributed by atoms with Crippen LogP contribution in [0.3, 0.4) is 0 Å². The fourth-order valence-electron chi connectivity index (χ4n) is 2.55. The molecule has 1 unspecified atom stereocenters. The van der Waals surface area contributed by atoms with E-state index >= 15 is 0 Å². The van der Waals surface area contributed by atoms with Gasteiger partial charge < -0.3 is 0 Å². The molecule has 1 saturated carbocycles. The van der Waals surface area contributed by atoms with Gasteiger partial charge in [-0.1, -0.05) is 0 Å². The van der Waals surface area contributed by atoms with Crippen molar-refractivity contribution in [1.82, 2.24) is 0 Å². The number of thioether (sulfide) groups is 1. The third kappa shape index (κ3) is 5.77. The van der Waals surface area contributed by atoms with E-state index in [9.17, 15) is 0 Å². The van der Waals surface area contributed by atoms with E-state index in [1.807, 2.05) is 11.8 Å². The first kappa shape index (κ1) is 15.5. The van der Waals surface area contributed by atoms with Crippen molar-refractivity contribution in [2.24, 2.45) is 17.8 Å². The van der Waals surface area contributed by atoms with Crippen LogP contribution < -0.4 is 0 Å². The van der Waals surface area contributed by atoms with Crippen LogP contribution in [0.1, 0.15) is 52.4 Å². The molecule has 0 radical (unpaired) electrons. The maximum absolute atomic E-state index is 3.94. The summed E-state index contributed by atoms with van der Waals surface area (Å²) in [5.41, 5.74) is 0.